The van der Waals surface area contributed by atoms with Crippen LogP contribution in [0.25, 0.3) is 5.65 Å². The molecule has 4 fully saturated rings. The largest absolute Gasteiger partial charge is 0.371 e. The number of amides is 1. The molecule has 7 rings (SSSR count). The molecule has 3 saturated heterocycles. The van der Waals surface area contributed by atoms with Crippen LogP contribution in [-0.2, 0) is 4.74 Å². The molecule has 3 aliphatic heterocycles. The number of anilines is 2. The minimum atomic E-state index is -2.79. The van der Waals surface area contributed by atoms with Gasteiger partial charge in [0.15, 0.2) is 11.3 Å². The topological polar surface area (TPSA) is 89.6 Å². The zero-order valence-electron chi connectivity index (χ0n) is 18.0. The molecular formula is C22H25F2N7O2. The number of alkyl halides is 2. The first-order chi connectivity index (χ1) is 16.0. The molecule has 1 amide bonds. The number of carbonyl (C=O) groups excluding carboxylic acids is 1. The van der Waals surface area contributed by atoms with E-state index in [1.54, 1.807) is 10.9 Å². The van der Waals surface area contributed by atoms with E-state index in [4.69, 9.17) is 4.74 Å². The molecule has 0 aromatic carbocycles. The highest BCUT2D eigenvalue weighted by Crippen LogP contribution is 2.33. The van der Waals surface area contributed by atoms with Crippen LogP contribution in [0.1, 0.15) is 67.0 Å². The Labute approximate surface area is 188 Å². The Morgan fingerprint density at radius 1 is 1.18 bits per heavy atom. The van der Waals surface area contributed by atoms with Gasteiger partial charge in [-0.2, -0.15) is 10.2 Å². The second-order valence-corrected chi connectivity index (χ2v) is 9.09. The maximum absolute atomic E-state index is 13.7. The van der Waals surface area contributed by atoms with Crippen LogP contribution in [0.15, 0.2) is 24.7 Å². The fourth-order valence-corrected chi connectivity index (χ4v) is 5.12. The Bertz CT molecular complexity index is 1170. The third-order valence-corrected chi connectivity index (χ3v) is 6.85. The Balaban J connectivity index is 1.26. The zero-order valence-corrected chi connectivity index (χ0v) is 18.0. The standard InChI is InChI=1S/C22H25F2N7O2/c23-20(24)19-17(12-31(28-19)13-4-2-1-3-5-13)26-22(32)16-9-25-30-7-6-18(27-21(16)30)29-10-14-8-15(11-29)33-14/h6-7,9,12-15,20H,1-5,8,10-11H2,(H,26,32). The molecule has 0 radical (unpaired) electrons. The Hall–Kier alpha value is -3.08. The van der Waals surface area contributed by atoms with Gasteiger partial charge in [0.2, 0.25) is 0 Å². The lowest BCUT2D eigenvalue weighted by Gasteiger charge is -2.47. The minimum absolute atomic E-state index is 0.0318. The van der Waals surface area contributed by atoms with Gasteiger partial charge in [-0.15, -0.1) is 0 Å². The molecule has 0 spiro atoms. The number of hydrogen-bond donors (Lipinski definition) is 1. The summed E-state index contributed by atoms with van der Waals surface area (Å²) in [5.74, 6) is 0.206. The first-order valence-electron chi connectivity index (χ1n) is 11.5. The number of ether oxygens (including phenoxy) is 1. The number of halogens is 2. The van der Waals surface area contributed by atoms with Crippen LogP contribution in [0.5, 0.6) is 0 Å². The van der Waals surface area contributed by atoms with E-state index in [0.29, 0.717) is 5.65 Å². The van der Waals surface area contributed by atoms with Crippen molar-refractivity contribution in [3.8, 4) is 0 Å². The zero-order chi connectivity index (χ0) is 22.5. The first kappa shape index (κ1) is 20.5. The van der Waals surface area contributed by atoms with Crippen molar-refractivity contribution in [3.05, 3.63) is 35.9 Å². The summed E-state index contributed by atoms with van der Waals surface area (Å²) < 4.78 is 36.1. The van der Waals surface area contributed by atoms with Gasteiger partial charge < -0.3 is 15.0 Å². The van der Waals surface area contributed by atoms with Gasteiger partial charge in [-0.05, 0) is 18.9 Å². The highest BCUT2D eigenvalue weighted by Gasteiger charge is 2.38. The number of nitrogens with one attached hydrogen (secondary N) is 1. The van der Waals surface area contributed by atoms with Crippen molar-refractivity contribution in [2.45, 2.75) is 63.2 Å². The van der Waals surface area contributed by atoms with E-state index in [1.165, 1.54) is 16.9 Å². The van der Waals surface area contributed by atoms with Crippen LogP contribution in [0.4, 0.5) is 20.3 Å². The maximum Gasteiger partial charge on any atom is 0.284 e. The normalized spacial score (nSPS) is 23.2. The van der Waals surface area contributed by atoms with E-state index < -0.39 is 18.0 Å². The molecule has 4 aliphatic rings. The molecule has 2 atom stereocenters. The number of rotatable bonds is 5. The Kier molecular flexibility index (Phi) is 5.01. The second kappa shape index (κ2) is 8.05. The van der Waals surface area contributed by atoms with Gasteiger partial charge in [0.1, 0.15) is 11.4 Å². The van der Waals surface area contributed by atoms with E-state index in [9.17, 15) is 13.6 Å². The van der Waals surface area contributed by atoms with Crippen molar-refractivity contribution in [2.75, 3.05) is 23.3 Å². The summed E-state index contributed by atoms with van der Waals surface area (Å²) in [6.45, 7) is 1.51. The summed E-state index contributed by atoms with van der Waals surface area (Å²) >= 11 is 0. The van der Waals surface area contributed by atoms with E-state index in [-0.39, 0.29) is 29.5 Å². The molecule has 3 aromatic heterocycles. The smallest absolute Gasteiger partial charge is 0.284 e. The molecule has 11 heteroatoms. The molecule has 1 aliphatic carbocycles. The van der Waals surface area contributed by atoms with Crippen LogP contribution >= 0.6 is 0 Å². The molecule has 33 heavy (non-hydrogen) atoms. The van der Waals surface area contributed by atoms with Gasteiger partial charge in [-0.3, -0.25) is 9.48 Å². The third-order valence-electron chi connectivity index (χ3n) is 6.85. The van der Waals surface area contributed by atoms with Gasteiger partial charge >= 0.3 is 0 Å². The number of carbonyl (C=O) groups is 1. The molecule has 1 saturated carbocycles. The lowest BCUT2D eigenvalue weighted by atomic mass is 9.96. The number of nitrogens with zero attached hydrogens (tertiary/aromatic N) is 6. The lowest BCUT2D eigenvalue weighted by molar-refractivity contribution is -0.133. The monoisotopic (exact) mass is 457 g/mol. The predicted octanol–water partition coefficient (Wildman–Crippen LogP) is 3.60. The summed E-state index contributed by atoms with van der Waals surface area (Å²) in [6.07, 6.45) is 8.49. The summed E-state index contributed by atoms with van der Waals surface area (Å²) in [4.78, 5) is 19.9. The lowest BCUT2D eigenvalue weighted by Crippen LogP contribution is -2.57. The van der Waals surface area contributed by atoms with Crippen molar-refractivity contribution in [1.82, 2.24) is 24.4 Å². The molecule has 2 bridgehead atoms. The fraction of sp³-hybridized carbons (Fsp3) is 0.545. The average Bonchev–Trinajstić information content (AvgIpc) is 3.43. The summed E-state index contributed by atoms with van der Waals surface area (Å²) in [5, 5.41) is 11.0. The van der Waals surface area contributed by atoms with Crippen molar-refractivity contribution in [1.29, 1.82) is 0 Å². The number of fused-ring (bicyclic) bond motifs is 3. The highest BCUT2D eigenvalue weighted by atomic mass is 19.3. The predicted molar refractivity (Wildman–Crippen MR) is 116 cm³/mol. The number of hydrogen-bond acceptors (Lipinski definition) is 6. The van der Waals surface area contributed by atoms with Crippen molar-refractivity contribution in [3.63, 3.8) is 0 Å². The Morgan fingerprint density at radius 2 is 1.94 bits per heavy atom. The van der Waals surface area contributed by atoms with Crippen LogP contribution in [0, 0.1) is 0 Å². The quantitative estimate of drug-likeness (QED) is 0.630. The molecule has 174 valence electrons. The van der Waals surface area contributed by atoms with E-state index >= 15 is 0 Å². The van der Waals surface area contributed by atoms with Crippen molar-refractivity contribution in [2.24, 2.45) is 0 Å². The fourth-order valence-electron chi connectivity index (χ4n) is 5.12. The highest BCUT2D eigenvalue weighted by molar-refractivity contribution is 6.08. The van der Waals surface area contributed by atoms with E-state index in [2.05, 4.69) is 25.4 Å². The van der Waals surface area contributed by atoms with Gasteiger partial charge in [0.25, 0.3) is 12.3 Å². The van der Waals surface area contributed by atoms with Gasteiger partial charge in [-0.25, -0.2) is 18.3 Å². The van der Waals surface area contributed by atoms with Gasteiger partial charge in [-0.1, -0.05) is 19.3 Å². The molecular weight excluding hydrogens is 432 g/mol. The SMILES string of the molecule is O=C(Nc1cn(C2CCCCC2)nc1C(F)F)c1cnn2ccc(N3CC4CC(C3)O4)nc12. The summed E-state index contributed by atoms with van der Waals surface area (Å²) in [5.41, 5.74) is 0.222. The number of aromatic nitrogens is 5. The van der Waals surface area contributed by atoms with Crippen LogP contribution < -0.4 is 10.2 Å². The van der Waals surface area contributed by atoms with E-state index in [0.717, 1.165) is 57.4 Å². The second-order valence-electron chi connectivity index (χ2n) is 9.09. The van der Waals surface area contributed by atoms with E-state index in [1.807, 2.05) is 6.07 Å². The Morgan fingerprint density at radius 3 is 2.67 bits per heavy atom. The summed E-state index contributed by atoms with van der Waals surface area (Å²) in [6, 6.07) is 1.94. The molecule has 6 heterocycles. The average molecular weight is 457 g/mol. The van der Waals surface area contributed by atoms with Crippen LogP contribution in [0.2, 0.25) is 0 Å². The van der Waals surface area contributed by atoms with Crippen molar-refractivity contribution >= 4 is 23.1 Å². The third kappa shape index (κ3) is 3.73. The van der Waals surface area contributed by atoms with Crippen molar-refractivity contribution < 1.29 is 18.3 Å². The number of piperidine rings is 1. The van der Waals surface area contributed by atoms with Crippen LogP contribution in [-0.4, -0.2) is 55.6 Å². The molecule has 1 N–H and O–H groups in total. The molecule has 2 unspecified atom stereocenters. The molecule has 9 nitrogen and oxygen atoms in total. The first-order valence-corrected chi connectivity index (χ1v) is 11.5. The van der Waals surface area contributed by atoms with Gasteiger partial charge in [0.05, 0.1) is 30.1 Å². The van der Waals surface area contributed by atoms with Gasteiger partial charge in [0, 0.05) is 31.9 Å². The number of morpholine rings is 1. The maximum atomic E-state index is 13.7. The summed E-state index contributed by atoms with van der Waals surface area (Å²) in [7, 11) is 0. The van der Waals surface area contributed by atoms with Crippen LogP contribution in [0.3, 0.4) is 0 Å². The minimum Gasteiger partial charge on any atom is -0.371 e. The molecule has 3 aromatic rings.